The second kappa shape index (κ2) is 12.9. The summed E-state index contributed by atoms with van der Waals surface area (Å²) in [5, 5.41) is 7.27. The first-order chi connectivity index (χ1) is 12.6. The van der Waals surface area contributed by atoms with Crippen LogP contribution in [-0.2, 0) is 6.54 Å². The highest BCUT2D eigenvalue weighted by Crippen LogP contribution is 2.19. The molecule has 0 aromatic heterocycles. The Bertz CT molecular complexity index is 756. The quantitative estimate of drug-likeness (QED) is 0.163. The Morgan fingerprint density at radius 1 is 1.19 bits per heavy atom. The highest BCUT2D eigenvalue weighted by molar-refractivity contribution is 14.0. The lowest BCUT2D eigenvalue weighted by Gasteiger charge is -2.11. The number of primary amides is 1. The Morgan fingerprint density at radius 3 is 2.59 bits per heavy atom. The van der Waals surface area contributed by atoms with Gasteiger partial charge < -0.3 is 16.4 Å². The van der Waals surface area contributed by atoms with Crippen LogP contribution in [0.25, 0.3) is 0 Å². The van der Waals surface area contributed by atoms with Gasteiger partial charge in [-0.05, 0) is 48.9 Å². The number of thioether (sulfide) groups is 1. The van der Waals surface area contributed by atoms with Crippen molar-refractivity contribution in [2.75, 3.05) is 18.8 Å². The third-order valence-electron chi connectivity index (χ3n) is 3.45. The fourth-order valence-corrected chi connectivity index (χ4v) is 3.10. The zero-order valence-corrected chi connectivity index (χ0v) is 19.0. The number of hydrogen-bond acceptors (Lipinski definition) is 3. The minimum absolute atomic E-state index is 0. The van der Waals surface area contributed by atoms with Crippen LogP contribution in [-0.4, -0.2) is 30.7 Å². The molecule has 5 nitrogen and oxygen atoms in total. The Kier molecular flexibility index (Phi) is 11.2. The van der Waals surface area contributed by atoms with E-state index in [4.69, 9.17) is 17.3 Å². The van der Waals surface area contributed by atoms with Gasteiger partial charge in [-0.15, -0.1) is 35.7 Å². The number of amides is 1. The van der Waals surface area contributed by atoms with E-state index >= 15 is 0 Å². The predicted octanol–water partition coefficient (Wildman–Crippen LogP) is 3.90. The van der Waals surface area contributed by atoms with Crippen LogP contribution in [0.15, 0.2) is 58.4 Å². The van der Waals surface area contributed by atoms with Gasteiger partial charge in [-0.3, -0.25) is 4.79 Å². The Balaban J connectivity index is 0.00000364. The summed E-state index contributed by atoms with van der Waals surface area (Å²) in [4.78, 5) is 17.0. The lowest BCUT2D eigenvalue weighted by atomic mass is 10.1. The summed E-state index contributed by atoms with van der Waals surface area (Å²) in [6, 6.07) is 15.0. The summed E-state index contributed by atoms with van der Waals surface area (Å²) < 4.78 is 0. The number of benzene rings is 2. The number of carbonyl (C=O) groups is 1. The summed E-state index contributed by atoms with van der Waals surface area (Å²) in [5.41, 5.74) is 6.75. The smallest absolute Gasteiger partial charge is 0.248 e. The molecule has 1 amide bonds. The standard InChI is InChI=1S/C19H23ClN4OS.HI/c1-2-22-19(23-10-11-26-17-8-6-16(20)7-9-17)24-13-14-4-3-5-15(12-14)18(21)25;/h3-9,12H,2,10-11,13H2,1H3,(H2,21,25)(H2,22,23,24);1H. The second-order valence-electron chi connectivity index (χ2n) is 5.49. The monoisotopic (exact) mass is 518 g/mol. The zero-order chi connectivity index (χ0) is 18.8. The molecule has 0 fully saturated rings. The van der Waals surface area contributed by atoms with E-state index < -0.39 is 5.91 Å². The Labute approximate surface area is 186 Å². The van der Waals surface area contributed by atoms with Gasteiger partial charge in [-0.25, -0.2) is 4.99 Å². The summed E-state index contributed by atoms with van der Waals surface area (Å²) in [6.45, 7) is 4.05. The maximum atomic E-state index is 11.3. The first-order valence-corrected chi connectivity index (χ1v) is 9.74. The highest BCUT2D eigenvalue weighted by Gasteiger charge is 2.02. The van der Waals surface area contributed by atoms with E-state index in [0.717, 1.165) is 35.4 Å². The summed E-state index contributed by atoms with van der Waals surface area (Å²) in [5.74, 6) is 1.22. The van der Waals surface area contributed by atoms with Gasteiger partial charge in [0.1, 0.15) is 0 Å². The van der Waals surface area contributed by atoms with Gasteiger partial charge in [-0.2, -0.15) is 0 Å². The van der Waals surface area contributed by atoms with Crippen LogP contribution >= 0.6 is 47.3 Å². The molecule has 0 spiro atoms. The van der Waals surface area contributed by atoms with Gasteiger partial charge in [-0.1, -0.05) is 23.7 Å². The van der Waals surface area contributed by atoms with Gasteiger partial charge in [0.15, 0.2) is 5.96 Å². The van der Waals surface area contributed by atoms with Crippen molar-refractivity contribution in [3.05, 3.63) is 64.7 Å². The lowest BCUT2D eigenvalue weighted by molar-refractivity contribution is 0.1000. The number of aliphatic imine (C=N–C) groups is 1. The number of nitrogens with two attached hydrogens (primary N) is 1. The average Bonchev–Trinajstić information content (AvgIpc) is 2.64. The first-order valence-electron chi connectivity index (χ1n) is 8.37. The van der Waals surface area contributed by atoms with Crippen molar-refractivity contribution in [2.45, 2.75) is 18.4 Å². The Morgan fingerprint density at radius 2 is 1.93 bits per heavy atom. The van der Waals surface area contributed by atoms with Crippen molar-refractivity contribution < 1.29 is 4.79 Å². The normalized spacial score (nSPS) is 10.8. The van der Waals surface area contributed by atoms with Gasteiger partial charge in [0.2, 0.25) is 5.91 Å². The largest absolute Gasteiger partial charge is 0.366 e. The molecule has 146 valence electrons. The van der Waals surface area contributed by atoms with Gasteiger partial charge in [0.25, 0.3) is 0 Å². The molecule has 27 heavy (non-hydrogen) atoms. The third kappa shape index (κ3) is 8.85. The van der Waals surface area contributed by atoms with Crippen molar-refractivity contribution in [3.63, 3.8) is 0 Å². The predicted molar refractivity (Wildman–Crippen MR) is 125 cm³/mol. The van der Waals surface area contributed by atoms with Crippen molar-refractivity contribution in [2.24, 2.45) is 10.7 Å². The van der Waals surface area contributed by atoms with Crippen LogP contribution in [0.2, 0.25) is 5.02 Å². The number of halogens is 2. The molecule has 0 bridgehead atoms. The van der Waals surface area contributed by atoms with E-state index in [1.807, 2.05) is 43.3 Å². The van der Waals surface area contributed by atoms with Crippen LogP contribution in [0, 0.1) is 0 Å². The van der Waals surface area contributed by atoms with E-state index in [-0.39, 0.29) is 24.0 Å². The average molecular weight is 519 g/mol. The molecule has 0 heterocycles. The van der Waals surface area contributed by atoms with Gasteiger partial charge in [0, 0.05) is 34.3 Å². The van der Waals surface area contributed by atoms with Crippen molar-refractivity contribution in [3.8, 4) is 0 Å². The maximum absolute atomic E-state index is 11.3. The fourth-order valence-electron chi connectivity index (χ4n) is 2.20. The number of nitrogens with zero attached hydrogens (tertiary/aromatic N) is 1. The molecule has 0 unspecified atom stereocenters. The molecule has 0 aliphatic carbocycles. The van der Waals surface area contributed by atoms with Gasteiger partial charge in [0.05, 0.1) is 6.54 Å². The molecule has 8 heteroatoms. The molecule has 2 aromatic carbocycles. The maximum Gasteiger partial charge on any atom is 0.248 e. The van der Waals surface area contributed by atoms with Crippen LogP contribution in [0.1, 0.15) is 22.8 Å². The molecule has 0 radical (unpaired) electrons. The van der Waals surface area contributed by atoms with Crippen molar-refractivity contribution >= 4 is 59.2 Å². The summed E-state index contributed by atoms with van der Waals surface area (Å²) in [7, 11) is 0. The minimum Gasteiger partial charge on any atom is -0.366 e. The molecule has 0 aliphatic rings. The van der Waals surface area contributed by atoms with E-state index in [9.17, 15) is 4.79 Å². The van der Waals surface area contributed by atoms with Crippen molar-refractivity contribution in [1.82, 2.24) is 10.6 Å². The molecule has 0 saturated carbocycles. The summed E-state index contributed by atoms with van der Waals surface area (Å²) in [6.07, 6.45) is 0. The number of hydrogen-bond donors (Lipinski definition) is 3. The van der Waals surface area contributed by atoms with E-state index in [1.165, 1.54) is 4.90 Å². The van der Waals surface area contributed by atoms with Gasteiger partial charge >= 0.3 is 0 Å². The highest BCUT2D eigenvalue weighted by atomic mass is 127. The molecular formula is C19H24ClIN4OS. The number of guanidine groups is 1. The zero-order valence-electron chi connectivity index (χ0n) is 15.1. The minimum atomic E-state index is -0.430. The number of carbonyl (C=O) groups excluding carboxylic acids is 1. The number of rotatable bonds is 8. The lowest BCUT2D eigenvalue weighted by Crippen LogP contribution is -2.38. The molecule has 4 N–H and O–H groups in total. The van der Waals surface area contributed by atoms with Crippen molar-refractivity contribution in [1.29, 1.82) is 0 Å². The topological polar surface area (TPSA) is 79.5 Å². The van der Waals surface area contributed by atoms with E-state index in [0.29, 0.717) is 12.1 Å². The molecule has 2 aromatic rings. The molecular weight excluding hydrogens is 495 g/mol. The first kappa shape index (κ1) is 23.6. The van der Waals surface area contributed by atoms with Crippen LogP contribution in [0.4, 0.5) is 0 Å². The van der Waals surface area contributed by atoms with E-state index in [1.54, 1.807) is 23.9 Å². The fraction of sp³-hybridized carbons (Fsp3) is 0.263. The van der Waals surface area contributed by atoms with Crippen LogP contribution < -0.4 is 16.4 Å². The van der Waals surface area contributed by atoms with E-state index in [2.05, 4.69) is 15.6 Å². The second-order valence-corrected chi connectivity index (χ2v) is 7.09. The number of nitrogens with one attached hydrogen (secondary N) is 2. The third-order valence-corrected chi connectivity index (χ3v) is 4.72. The molecule has 0 atom stereocenters. The van der Waals surface area contributed by atoms with Crippen LogP contribution in [0.3, 0.4) is 0 Å². The SMILES string of the molecule is CCNC(=NCc1cccc(C(N)=O)c1)NCCSc1ccc(Cl)cc1.I. The molecule has 0 saturated heterocycles. The molecule has 0 aliphatic heterocycles. The Hall–Kier alpha value is -1.45. The van der Waals surface area contributed by atoms with Crippen LogP contribution in [0.5, 0.6) is 0 Å². The molecule has 2 rings (SSSR count). The summed E-state index contributed by atoms with van der Waals surface area (Å²) >= 11 is 7.64.